The van der Waals surface area contributed by atoms with Gasteiger partial charge in [0.15, 0.2) is 0 Å². The van der Waals surface area contributed by atoms with Crippen molar-refractivity contribution >= 4 is 23.2 Å². The number of hydrogen-bond acceptors (Lipinski definition) is 3. The number of carbonyl (C=O) groups excluding carboxylic acids is 2. The Morgan fingerprint density at radius 1 is 0.900 bits per heavy atom. The quantitative estimate of drug-likeness (QED) is 0.530. The van der Waals surface area contributed by atoms with Gasteiger partial charge in [0.1, 0.15) is 0 Å². The van der Waals surface area contributed by atoms with Crippen LogP contribution in [0.2, 0.25) is 0 Å². The first-order valence-electron chi connectivity index (χ1n) is 9.99. The third kappa shape index (κ3) is 5.70. The average Bonchev–Trinajstić information content (AvgIpc) is 2.74. The van der Waals surface area contributed by atoms with Crippen molar-refractivity contribution < 1.29 is 9.59 Å². The number of nitrogens with one attached hydrogen (secondary N) is 3. The highest BCUT2D eigenvalue weighted by molar-refractivity contribution is 5.96. The topological polar surface area (TPSA) is 70.2 Å². The molecule has 2 amide bonds. The number of anilines is 2. The second-order valence-electron chi connectivity index (χ2n) is 7.40. The molecule has 5 nitrogen and oxygen atoms in total. The molecule has 0 spiro atoms. The number of carbonyl (C=O) groups is 2. The van der Waals surface area contributed by atoms with Crippen molar-refractivity contribution in [1.82, 2.24) is 5.32 Å². The maximum atomic E-state index is 12.5. The summed E-state index contributed by atoms with van der Waals surface area (Å²) in [6, 6.07) is 22.7. The summed E-state index contributed by atoms with van der Waals surface area (Å²) >= 11 is 0. The van der Waals surface area contributed by atoms with E-state index in [2.05, 4.69) is 22.0 Å². The van der Waals surface area contributed by atoms with Gasteiger partial charge in [0, 0.05) is 16.9 Å². The zero-order valence-corrected chi connectivity index (χ0v) is 17.5. The van der Waals surface area contributed by atoms with Crippen LogP contribution in [0, 0.1) is 13.8 Å². The fourth-order valence-electron chi connectivity index (χ4n) is 3.20. The van der Waals surface area contributed by atoms with Crippen LogP contribution in [-0.4, -0.2) is 18.4 Å². The summed E-state index contributed by atoms with van der Waals surface area (Å²) < 4.78 is 0. The zero-order chi connectivity index (χ0) is 21.5. The number of benzene rings is 3. The molecule has 0 radical (unpaired) electrons. The molecule has 0 aliphatic rings. The molecule has 0 aliphatic heterocycles. The van der Waals surface area contributed by atoms with E-state index < -0.39 is 0 Å². The standard InChI is InChI=1S/C25H27N3O2/c1-17-9-14-23(18(2)15-17)26-16-24(29)28-22-12-10-21(11-13-22)25(30)27-19(3)20-7-5-4-6-8-20/h4-15,19,26H,16H2,1-3H3,(H,27,30)(H,28,29). The van der Waals surface area contributed by atoms with E-state index in [-0.39, 0.29) is 24.4 Å². The first-order chi connectivity index (χ1) is 14.4. The first-order valence-corrected chi connectivity index (χ1v) is 9.99. The Balaban J connectivity index is 1.52. The van der Waals surface area contributed by atoms with Gasteiger partial charge < -0.3 is 16.0 Å². The summed E-state index contributed by atoms with van der Waals surface area (Å²) in [6.45, 7) is 6.16. The van der Waals surface area contributed by atoms with Gasteiger partial charge in [-0.25, -0.2) is 0 Å². The van der Waals surface area contributed by atoms with Gasteiger partial charge in [0.05, 0.1) is 12.6 Å². The van der Waals surface area contributed by atoms with E-state index in [0.29, 0.717) is 11.3 Å². The fourth-order valence-corrected chi connectivity index (χ4v) is 3.20. The van der Waals surface area contributed by atoms with Gasteiger partial charge in [-0.3, -0.25) is 9.59 Å². The molecule has 0 bridgehead atoms. The molecule has 0 aromatic heterocycles. The van der Waals surface area contributed by atoms with Crippen LogP contribution >= 0.6 is 0 Å². The highest BCUT2D eigenvalue weighted by atomic mass is 16.2. The molecule has 1 atom stereocenters. The smallest absolute Gasteiger partial charge is 0.251 e. The van der Waals surface area contributed by atoms with Crippen LogP contribution in [0.1, 0.15) is 40.0 Å². The average molecular weight is 402 g/mol. The molecule has 5 heteroatoms. The summed E-state index contributed by atoms with van der Waals surface area (Å²) in [4.78, 5) is 24.7. The van der Waals surface area contributed by atoms with Crippen molar-refractivity contribution in [2.45, 2.75) is 26.8 Å². The van der Waals surface area contributed by atoms with Crippen molar-refractivity contribution in [2.24, 2.45) is 0 Å². The lowest BCUT2D eigenvalue weighted by atomic mass is 10.1. The van der Waals surface area contributed by atoms with Gasteiger partial charge in [-0.05, 0) is 62.2 Å². The lowest BCUT2D eigenvalue weighted by Crippen LogP contribution is -2.26. The van der Waals surface area contributed by atoms with Crippen LogP contribution in [0.15, 0.2) is 72.8 Å². The monoisotopic (exact) mass is 401 g/mol. The van der Waals surface area contributed by atoms with E-state index in [1.54, 1.807) is 24.3 Å². The van der Waals surface area contributed by atoms with E-state index in [0.717, 1.165) is 16.8 Å². The van der Waals surface area contributed by atoms with E-state index >= 15 is 0 Å². The molecule has 3 aromatic carbocycles. The van der Waals surface area contributed by atoms with E-state index in [1.165, 1.54) is 5.56 Å². The highest BCUT2D eigenvalue weighted by Crippen LogP contribution is 2.16. The fraction of sp³-hybridized carbons (Fsp3) is 0.200. The first kappa shape index (κ1) is 21.1. The molecule has 0 aliphatic carbocycles. The molecule has 3 N–H and O–H groups in total. The van der Waals surface area contributed by atoms with Crippen molar-refractivity contribution in [1.29, 1.82) is 0 Å². The van der Waals surface area contributed by atoms with Crippen LogP contribution in [-0.2, 0) is 4.79 Å². The molecule has 0 saturated carbocycles. The summed E-state index contributed by atoms with van der Waals surface area (Å²) in [5.41, 5.74) is 5.47. The minimum atomic E-state index is -0.152. The largest absolute Gasteiger partial charge is 0.376 e. The minimum absolute atomic E-state index is 0.0885. The Kier molecular flexibility index (Phi) is 6.86. The molecule has 3 aromatic rings. The minimum Gasteiger partial charge on any atom is -0.376 e. The molecule has 154 valence electrons. The lowest BCUT2D eigenvalue weighted by Gasteiger charge is -2.14. The summed E-state index contributed by atoms with van der Waals surface area (Å²) in [5, 5.41) is 8.98. The lowest BCUT2D eigenvalue weighted by molar-refractivity contribution is -0.114. The van der Waals surface area contributed by atoms with E-state index in [1.807, 2.05) is 63.2 Å². The number of hydrogen-bond donors (Lipinski definition) is 3. The number of rotatable bonds is 7. The second-order valence-corrected chi connectivity index (χ2v) is 7.40. The summed E-state index contributed by atoms with van der Waals surface area (Å²) in [6.07, 6.45) is 0. The summed E-state index contributed by atoms with van der Waals surface area (Å²) in [5.74, 6) is -0.300. The maximum absolute atomic E-state index is 12.5. The van der Waals surface area contributed by atoms with Gasteiger partial charge in [0.2, 0.25) is 5.91 Å². The Hall–Kier alpha value is -3.60. The number of amides is 2. The Morgan fingerprint density at radius 3 is 2.27 bits per heavy atom. The van der Waals surface area contributed by atoms with Gasteiger partial charge in [-0.2, -0.15) is 0 Å². The predicted octanol–water partition coefficient (Wildman–Crippen LogP) is 4.85. The molecule has 1 unspecified atom stereocenters. The molecule has 3 rings (SSSR count). The van der Waals surface area contributed by atoms with Crippen molar-refractivity contribution in [3.8, 4) is 0 Å². The van der Waals surface area contributed by atoms with Gasteiger partial charge in [0.25, 0.3) is 5.91 Å². The Labute approximate surface area is 177 Å². The second kappa shape index (κ2) is 9.74. The summed E-state index contributed by atoms with van der Waals surface area (Å²) in [7, 11) is 0. The van der Waals surface area contributed by atoms with Crippen molar-refractivity contribution in [3.05, 3.63) is 95.1 Å². The number of aryl methyl sites for hydroxylation is 2. The molecular weight excluding hydrogens is 374 g/mol. The predicted molar refractivity (Wildman–Crippen MR) is 122 cm³/mol. The third-order valence-electron chi connectivity index (χ3n) is 4.90. The molecule has 0 saturated heterocycles. The van der Waals surface area contributed by atoms with Crippen LogP contribution < -0.4 is 16.0 Å². The maximum Gasteiger partial charge on any atom is 0.251 e. The molecule has 30 heavy (non-hydrogen) atoms. The third-order valence-corrected chi connectivity index (χ3v) is 4.90. The van der Waals surface area contributed by atoms with Crippen molar-refractivity contribution in [3.63, 3.8) is 0 Å². The van der Waals surface area contributed by atoms with Gasteiger partial charge >= 0.3 is 0 Å². The molecule has 0 fully saturated rings. The Morgan fingerprint density at radius 2 is 1.60 bits per heavy atom. The van der Waals surface area contributed by atoms with E-state index in [4.69, 9.17) is 0 Å². The van der Waals surface area contributed by atoms with Gasteiger partial charge in [-0.1, -0.05) is 48.0 Å². The molecular formula is C25H27N3O2. The van der Waals surface area contributed by atoms with Crippen molar-refractivity contribution in [2.75, 3.05) is 17.2 Å². The highest BCUT2D eigenvalue weighted by Gasteiger charge is 2.11. The van der Waals surface area contributed by atoms with E-state index in [9.17, 15) is 9.59 Å². The van der Waals surface area contributed by atoms with Crippen LogP contribution in [0.3, 0.4) is 0 Å². The Bertz CT molecular complexity index is 1010. The van der Waals surface area contributed by atoms with Crippen LogP contribution in [0.5, 0.6) is 0 Å². The van der Waals surface area contributed by atoms with Crippen LogP contribution in [0.25, 0.3) is 0 Å². The van der Waals surface area contributed by atoms with Crippen LogP contribution in [0.4, 0.5) is 11.4 Å². The van der Waals surface area contributed by atoms with Gasteiger partial charge in [-0.15, -0.1) is 0 Å². The zero-order valence-electron chi connectivity index (χ0n) is 17.5. The molecule has 0 heterocycles. The normalized spacial score (nSPS) is 11.4. The SMILES string of the molecule is Cc1ccc(NCC(=O)Nc2ccc(C(=O)NC(C)c3ccccc3)cc2)c(C)c1.